The number of hydrogen-bond donors (Lipinski definition) is 4. The Morgan fingerprint density at radius 1 is 0.895 bits per heavy atom. The van der Waals surface area contributed by atoms with Gasteiger partial charge < -0.3 is 20.4 Å². The van der Waals surface area contributed by atoms with Gasteiger partial charge in [-0.2, -0.15) is 0 Å². The van der Waals surface area contributed by atoms with Crippen LogP contribution in [0.3, 0.4) is 0 Å². The van der Waals surface area contributed by atoms with Crippen LogP contribution >= 0.6 is 0 Å². The fraction of sp³-hybridized carbons (Fsp3) is 0. The first-order valence-corrected chi connectivity index (χ1v) is 5.29. The predicted molar refractivity (Wildman–Crippen MR) is 68.4 cm³/mol. The zero-order chi connectivity index (χ0) is 14.2. The van der Waals surface area contributed by atoms with Crippen LogP contribution in [0.2, 0.25) is 0 Å². The van der Waals surface area contributed by atoms with Crippen molar-refractivity contribution in [3.63, 3.8) is 0 Å². The maximum absolute atomic E-state index is 12.1. The van der Waals surface area contributed by atoms with Crippen LogP contribution < -0.4 is 5.46 Å². The van der Waals surface area contributed by atoms with E-state index in [4.69, 9.17) is 7.85 Å². The summed E-state index contributed by atoms with van der Waals surface area (Å²) in [5.41, 5.74) is -0.176. The molecule has 6 heteroatoms. The van der Waals surface area contributed by atoms with E-state index in [1.807, 2.05) is 0 Å². The van der Waals surface area contributed by atoms with E-state index in [1.165, 1.54) is 18.2 Å². The molecule has 0 aliphatic rings. The zero-order valence-electron chi connectivity index (χ0n) is 9.66. The highest BCUT2D eigenvalue weighted by molar-refractivity contribution is 6.39. The topological polar surface area (TPSA) is 98.0 Å². The molecule has 2 rings (SSSR count). The number of phenolic OH excluding ortho intramolecular Hbond substituents is 4. The second-order valence-electron chi connectivity index (χ2n) is 3.93. The lowest BCUT2D eigenvalue weighted by atomic mass is 9.85. The third-order valence-electron chi connectivity index (χ3n) is 2.68. The first-order valence-electron chi connectivity index (χ1n) is 5.29. The average molecular weight is 256 g/mol. The van der Waals surface area contributed by atoms with Crippen molar-refractivity contribution in [1.82, 2.24) is 0 Å². The van der Waals surface area contributed by atoms with Crippen molar-refractivity contribution < 1.29 is 25.2 Å². The minimum absolute atomic E-state index is 0.0135. The van der Waals surface area contributed by atoms with Crippen LogP contribution in [0, 0.1) is 0 Å². The number of ketones is 1. The first kappa shape index (κ1) is 12.8. The molecular formula is C13H9BO5. The highest BCUT2D eigenvalue weighted by atomic mass is 16.3. The normalized spacial score (nSPS) is 10.3. The predicted octanol–water partition coefficient (Wildman–Crippen LogP) is 0.534. The summed E-state index contributed by atoms with van der Waals surface area (Å²) in [5, 5.41) is 37.2. The van der Waals surface area contributed by atoms with Crippen LogP contribution in [-0.2, 0) is 0 Å². The molecular weight excluding hydrogens is 247 g/mol. The van der Waals surface area contributed by atoms with E-state index in [9.17, 15) is 25.2 Å². The Labute approximate surface area is 109 Å². The van der Waals surface area contributed by atoms with Gasteiger partial charge in [0.25, 0.3) is 0 Å². The number of carbonyl (C=O) groups excluding carboxylic acids is 1. The van der Waals surface area contributed by atoms with Crippen LogP contribution in [0.25, 0.3) is 0 Å². The lowest BCUT2D eigenvalue weighted by molar-refractivity contribution is 0.103. The Morgan fingerprint density at radius 2 is 1.53 bits per heavy atom. The molecule has 0 saturated heterocycles. The van der Waals surface area contributed by atoms with E-state index in [-0.39, 0.29) is 22.3 Å². The van der Waals surface area contributed by atoms with E-state index in [1.54, 1.807) is 0 Å². The van der Waals surface area contributed by atoms with E-state index >= 15 is 0 Å². The lowest BCUT2D eigenvalue weighted by Gasteiger charge is -2.09. The van der Waals surface area contributed by atoms with Gasteiger partial charge in [0, 0.05) is 11.1 Å². The van der Waals surface area contributed by atoms with E-state index < -0.39 is 23.0 Å². The van der Waals surface area contributed by atoms with Gasteiger partial charge in [0.15, 0.2) is 28.8 Å². The van der Waals surface area contributed by atoms with Gasteiger partial charge >= 0.3 is 0 Å². The van der Waals surface area contributed by atoms with Crippen molar-refractivity contribution in [2.45, 2.75) is 0 Å². The largest absolute Gasteiger partial charge is 0.505 e. The third kappa shape index (κ3) is 2.20. The Kier molecular flexibility index (Phi) is 3.08. The van der Waals surface area contributed by atoms with Crippen molar-refractivity contribution in [3.8, 4) is 23.0 Å². The monoisotopic (exact) mass is 256 g/mol. The molecule has 0 saturated carbocycles. The number of aromatic hydroxyl groups is 4. The van der Waals surface area contributed by atoms with Gasteiger partial charge in [0.2, 0.25) is 0 Å². The number of hydrogen-bond acceptors (Lipinski definition) is 5. The summed E-state index contributed by atoms with van der Waals surface area (Å²) in [7, 11) is 5.55. The maximum Gasteiger partial charge on any atom is 0.192 e. The van der Waals surface area contributed by atoms with Gasteiger partial charge in [-0.1, -0.05) is 0 Å². The average Bonchev–Trinajstić information content (AvgIpc) is 2.39. The number of carbonyl (C=O) groups is 1. The van der Waals surface area contributed by atoms with Gasteiger partial charge in [-0.25, -0.2) is 0 Å². The molecule has 0 amide bonds. The van der Waals surface area contributed by atoms with Crippen LogP contribution in [0.4, 0.5) is 0 Å². The Bertz CT molecular complexity index is 666. The van der Waals surface area contributed by atoms with E-state index in [2.05, 4.69) is 0 Å². The SMILES string of the molecule is [B]c1c(C(=O)c2ccc(O)c(O)c2)ccc(O)c1O. The van der Waals surface area contributed by atoms with Crippen molar-refractivity contribution >= 4 is 19.1 Å². The summed E-state index contributed by atoms with van der Waals surface area (Å²) in [6.45, 7) is 0. The summed E-state index contributed by atoms with van der Waals surface area (Å²) in [6, 6.07) is 5.95. The molecule has 19 heavy (non-hydrogen) atoms. The Balaban J connectivity index is 2.50. The highest BCUT2D eigenvalue weighted by Crippen LogP contribution is 2.27. The minimum Gasteiger partial charge on any atom is -0.505 e. The third-order valence-corrected chi connectivity index (χ3v) is 2.68. The van der Waals surface area contributed by atoms with Crippen LogP contribution in [0.5, 0.6) is 23.0 Å². The van der Waals surface area contributed by atoms with Gasteiger partial charge in [0.1, 0.15) is 7.85 Å². The van der Waals surface area contributed by atoms with Crippen molar-refractivity contribution in [2.75, 3.05) is 0 Å². The molecule has 94 valence electrons. The van der Waals surface area contributed by atoms with Crippen molar-refractivity contribution in [1.29, 1.82) is 0 Å². The smallest absolute Gasteiger partial charge is 0.192 e. The van der Waals surface area contributed by atoms with Gasteiger partial charge in [0.05, 0.1) is 0 Å². The summed E-state index contributed by atoms with van der Waals surface area (Å²) in [4.78, 5) is 12.1. The summed E-state index contributed by atoms with van der Waals surface area (Å²) in [6.07, 6.45) is 0. The second kappa shape index (κ2) is 4.57. The molecule has 0 aromatic heterocycles. The molecule has 2 radical (unpaired) electrons. The molecule has 0 aliphatic carbocycles. The molecule has 4 N–H and O–H groups in total. The fourth-order valence-electron chi connectivity index (χ4n) is 1.61. The molecule has 5 nitrogen and oxygen atoms in total. The lowest BCUT2D eigenvalue weighted by Crippen LogP contribution is -2.17. The summed E-state index contributed by atoms with van der Waals surface area (Å²) in [5.74, 6) is -2.34. The molecule has 0 fully saturated rings. The number of phenols is 4. The molecule has 0 spiro atoms. The Hall–Kier alpha value is -2.63. The molecule has 0 unspecified atom stereocenters. The number of rotatable bonds is 2. The quantitative estimate of drug-likeness (QED) is 0.357. The molecule has 0 heterocycles. The molecule has 0 atom stereocenters. The first-order chi connectivity index (χ1) is 8.91. The Morgan fingerprint density at radius 3 is 2.16 bits per heavy atom. The van der Waals surface area contributed by atoms with Gasteiger partial charge in [-0.15, -0.1) is 0 Å². The summed E-state index contributed by atoms with van der Waals surface area (Å²) < 4.78 is 0. The minimum atomic E-state index is -0.575. The molecule has 2 aromatic carbocycles. The van der Waals surface area contributed by atoms with E-state index in [0.29, 0.717) is 0 Å². The fourth-order valence-corrected chi connectivity index (χ4v) is 1.61. The molecule has 2 aromatic rings. The van der Waals surface area contributed by atoms with Crippen LogP contribution in [-0.4, -0.2) is 34.1 Å². The maximum atomic E-state index is 12.1. The van der Waals surface area contributed by atoms with Crippen molar-refractivity contribution in [3.05, 3.63) is 41.5 Å². The highest BCUT2D eigenvalue weighted by Gasteiger charge is 2.16. The molecule has 0 bridgehead atoms. The van der Waals surface area contributed by atoms with Gasteiger partial charge in [-0.3, -0.25) is 4.79 Å². The zero-order valence-corrected chi connectivity index (χ0v) is 9.66. The van der Waals surface area contributed by atoms with E-state index in [0.717, 1.165) is 12.1 Å². The standard InChI is InChI=1S/C13H9BO5/c14-11-7(2-4-9(16)13(11)19)12(18)6-1-3-8(15)10(17)5-6/h1-5,15-17,19H. The van der Waals surface area contributed by atoms with Gasteiger partial charge in [-0.05, 0) is 35.8 Å². The second-order valence-corrected chi connectivity index (χ2v) is 3.93. The molecule has 0 aliphatic heterocycles. The number of benzene rings is 2. The van der Waals surface area contributed by atoms with Crippen LogP contribution in [0.15, 0.2) is 30.3 Å². The summed E-state index contributed by atoms with van der Waals surface area (Å²) >= 11 is 0. The van der Waals surface area contributed by atoms with Crippen LogP contribution in [0.1, 0.15) is 15.9 Å². The van der Waals surface area contributed by atoms with Crippen molar-refractivity contribution in [2.24, 2.45) is 0 Å².